The number of rotatable bonds is 8. The summed E-state index contributed by atoms with van der Waals surface area (Å²) in [5.74, 6) is 2.59. The molecule has 0 radical (unpaired) electrons. The molecular weight excluding hydrogens is 440 g/mol. The van der Waals surface area contributed by atoms with Crippen molar-refractivity contribution in [1.29, 1.82) is 0 Å². The lowest BCUT2D eigenvalue weighted by molar-refractivity contribution is 0.0952. The van der Waals surface area contributed by atoms with Gasteiger partial charge in [0.2, 0.25) is 0 Å². The van der Waals surface area contributed by atoms with Crippen LogP contribution in [0.15, 0.2) is 42.7 Å². The van der Waals surface area contributed by atoms with Crippen LogP contribution >= 0.6 is 11.3 Å². The van der Waals surface area contributed by atoms with Crippen molar-refractivity contribution in [2.24, 2.45) is 11.8 Å². The van der Waals surface area contributed by atoms with E-state index in [9.17, 15) is 4.79 Å². The van der Waals surface area contributed by atoms with Gasteiger partial charge in [-0.15, -0.1) is 11.3 Å². The Morgan fingerprint density at radius 1 is 1.18 bits per heavy atom. The molecule has 2 fully saturated rings. The van der Waals surface area contributed by atoms with Crippen LogP contribution in [0, 0.1) is 18.8 Å². The van der Waals surface area contributed by atoms with Crippen LogP contribution in [0.1, 0.15) is 70.2 Å². The number of amides is 1. The molecule has 0 saturated heterocycles. The van der Waals surface area contributed by atoms with Crippen LogP contribution in [0.4, 0.5) is 5.00 Å². The molecule has 6 rings (SSSR count). The Morgan fingerprint density at radius 3 is 2.71 bits per heavy atom. The van der Waals surface area contributed by atoms with Crippen molar-refractivity contribution >= 4 is 22.2 Å². The first-order chi connectivity index (χ1) is 16.5. The van der Waals surface area contributed by atoms with Gasteiger partial charge in [0.05, 0.1) is 17.5 Å². The van der Waals surface area contributed by atoms with E-state index < -0.39 is 0 Å². The first kappa shape index (κ1) is 21.7. The number of carbonyl (C=O) groups excluding carboxylic acids is 1. The summed E-state index contributed by atoms with van der Waals surface area (Å²) in [6, 6.07) is 8.53. The third kappa shape index (κ3) is 4.43. The van der Waals surface area contributed by atoms with Gasteiger partial charge in [-0.05, 0) is 74.8 Å². The highest BCUT2D eigenvalue weighted by atomic mass is 32.1. The summed E-state index contributed by atoms with van der Waals surface area (Å²) in [5, 5.41) is 7.74. The van der Waals surface area contributed by atoms with E-state index in [1.807, 2.05) is 6.20 Å². The molecule has 0 aliphatic heterocycles. The molecule has 6 heteroatoms. The molecule has 5 nitrogen and oxygen atoms in total. The molecular formula is C28H32N4OS. The highest BCUT2D eigenvalue weighted by Crippen LogP contribution is 2.44. The number of allylic oxidation sites excluding steroid dienone is 1. The monoisotopic (exact) mass is 472 g/mol. The van der Waals surface area contributed by atoms with Gasteiger partial charge in [-0.1, -0.05) is 36.4 Å². The first-order valence-electron chi connectivity index (χ1n) is 12.6. The van der Waals surface area contributed by atoms with E-state index >= 15 is 0 Å². The molecule has 3 aliphatic rings. The van der Waals surface area contributed by atoms with Crippen molar-refractivity contribution < 1.29 is 4.79 Å². The molecule has 2 aromatic heterocycles. The number of fused-ring (bicyclic) bond motifs is 1. The number of benzene rings is 1. The summed E-state index contributed by atoms with van der Waals surface area (Å²) >= 11 is 1.75. The van der Waals surface area contributed by atoms with Crippen molar-refractivity contribution in [2.75, 3.05) is 11.9 Å². The Hall–Kier alpha value is -2.86. The minimum Gasteiger partial charge on any atom is -0.352 e. The van der Waals surface area contributed by atoms with Gasteiger partial charge >= 0.3 is 0 Å². The number of nitrogens with zero attached hydrogens (tertiary/aromatic N) is 1. The van der Waals surface area contributed by atoms with Crippen molar-refractivity contribution in [1.82, 2.24) is 15.3 Å². The lowest BCUT2D eigenvalue weighted by atomic mass is 9.85. The standard InChI is InChI=1S/C28H32N4OS/c1-16-3-7-20(8-4-16)23-15-29-26(32-23)21-11-12-24-22(13-21)25(27(33)30-14-18-5-6-18)28(34-24)31-17(2)19-9-10-19/h3-4,7-8,15,18-19,21,31H,2,5-6,9-14H2,1H3,(H,29,32)(H,30,33). The molecule has 0 spiro atoms. The van der Waals surface area contributed by atoms with Gasteiger partial charge in [0.15, 0.2) is 0 Å². The van der Waals surface area contributed by atoms with Crippen LogP contribution in [0.2, 0.25) is 0 Å². The smallest absolute Gasteiger partial charge is 0.254 e. The summed E-state index contributed by atoms with van der Waals surface area (Å²) in [6.07, 6.45) is 9.67. The number of hydrogen-bond donors (Lipinski definition) is 3. The summed E-state index contributed by atoms with van der Waals surface area (Å²) in [4.78, 5) is 23.0. The lowest BCUT2D eigenvalue weighted by Crippen LogP contribution is -2.27. The Bertz CT molecular complexity index is 1230. The number of thiophene rings is 1. The maximum Gasteiger partial charge on any atom is 0.254 e. The highest BCUT2D eigenvalue weighted by Gasteiger charge is 2.33. The van der Waals surface area contributed by atoms with Crippen molar-refractivity contribution in [3.8, 4) is 11.3 Å². The maximum absolute atomic E-state index is 13.4. The summed E-state index contributed by atoms with van der Waals surface area (Å²) in [6.45, 7) is 7.14. The van der Waals surface area contributed by atoms with E-state index in [1.165, 1.54) is 41.7 Å². The second kappa shape index (κ2) is 8.73. The largest absolute Gasteiger partial charge is 0.352 e. The third-order valence-corrected chi connectivity index (χ3v) is 8.63. The Morgan fingerprint density at radius 2 is 1.97 bits per heavy atom. The average molecular weight is 473 g/mol. The number of carbonyl (C=O) groups is 1. The first-order valence-corrected chi connectivity index (χ1v) is 13.4. The zero-order chi connectivity index (χ0) is 23.2. The van der Waals surface area contributed by atoms with E-state index in [1.54, 1.807) is 11.3 Å². The van der Waals surface area contributed by atoms with Gasteiger partial charge in [0.25, 0.3) is 5.91 Å². The molecule has 0 bridgehead atoms. The van der Waals surface area contributed by atoms with E-state index in [-0.39, 0.29) is 11.8 Å². The molecule has 1 atom stereocenters. The molecule has 176 valence electrons. The van der Waals surface area contributed by atoms with Crippen LogP contribution in [-0.2, 0) is 12.8 Å². The molecule has 2 heterocycles. The van der Waals surface area contributed by atoms with Crippen molar-refractivity contribution in [3.05, 3.63) is 70.1 Å². The molecule has 3 aliphatic carbocycles. The van der Waals surface area contributed by atoms with Crippen LogP contribution in [0.3, 0.4) is 0 Å². The minimum atomic E-state index is 0.0657. The number of hydrogen-bond acceptors (Lipinski definition) is 4. The zero-order valence-electron chi connectivity index (χ0n) is 19.7. The summed E-state index contributed by atoms with van der Waals surface area (Å²) in [7, 11) is 0. The van der Waals surface area contributed by atoms with Crippen LogP contribution in [0.25, 0.3) is 11.3 Å². The fourth-order valence-electron chi connectivity index (χ4n) is 4.90. The summed E-state index contributed by atoms with van der Waals surface area (Å²) < 4.78 is 0. The SMILES string of the molecule is C=C(Nc1sc2c(c1C(=O)NCC1CC1)CC(c1ncc(-c3ccc(C)cc3)[nH]1)CC2)C1CC1. The third-order valence-electron chi connectivity index (χ3n) is 7.43. The lowest BCUT2D eigenvalue weighted by Gasteiger charge is -2.21. The highest BCUT2D eigenvalue weighted by molar-refractivity contribution is 7.16. The predicted molar refractivity (Wildman–Crippen MR) is 138 cm³/mol. The topological polar surface area (TPSA) is 69.8 Å². The van der Waals surface area contributed by atoms with E-state index in [0.717, 1.165) is 59.2 Å². The van der Waals surface area contributed by atoms with Crippen molar-refractivity contribution in [3.63, 3.8) is 0 Å². The number of aromatic nitrogens is 2. The van der Waals surface area contributed by atoms with E-state index in [0.29, 0.717) is 11.8 Å². The molecule has 2 saturated carbocycles. The van der Waals surface area contributed by atoms with Crippen LogP contribution in [0.5, 0.6) is 0 Å². The second-order valence-electron chi connectivity index (χ2n) is 10.3. The maximum atomic E-state index is 13.4. The predicted octanol–water partition coefficient (Wildman–Crippen LogP) is 6.19. The average Bonchev–Trinajstić information content (AvgIpc) is 3.77. The van der Waals surface area contributed by atoms with Gasteiger partial charge in [-0.3, -0.25) is 4.79 Å². The number of aromatic amines is 1. The van der Waals surface area contributed by atoms with Crippen LogP contribution in [-0.4, -0.2) is 22.4 Å². The number of aryl methyl sites for hydroxylation is 2. The van der Waals surface area contributed by atoms with E-state index in [2.05, 4.69) is 53.4 Å². The van der Waals surface area contributed by atoms with Crippen molar-refractivity contribution in [2.45, 2.75) is 57.8 Å². The minimum absolute atomic E-state index is 0.0657. The van der Waals surface area contributed by atoms with E-state index in [4.69, 9.17) is 4.98 Å². The van der Waals surface area contributed by atoms with Gasteiger partial charge in [-0.2, -0.15) is 0 Å². The molecule has 3 N–H and O–H groups in total. The Balaban J connectivity index is 1.26. The molecule has 34 heavy (non-hydrogen) atoms. The fourth-order valence-corrected chi connectivity index (χ4v) is 6.17. The molecule has 1 unspecified atom stereocenters. The molecule has 1 amide bonds. The number of imidazole rings is 1. The zero-order valence-corrected chi connectivity index (χ0v) is 20.6. The quantitative estimate of drug-likeness (QED) is 0.366. The van der Waals surface area contributed by atoms with Gasteiger partial charge in [-0.25, -0.2) is 4.98 Å². The molecule has 3 aromatic rings. The van der Waals surface area contributed by atoms with Crippen LogP contribution < -0.4 is 10.6 Å². The van der Waals surface area contributed by atoms with Gasteiger partial charge in [0, 0.05) is 23.0 Å². The fraction of sp³-hybridized carbons (Fsp3) is 0.429. The second-order valence-corrected chi connectivity index (χ2v) is 11.4. The Labute approximate surface area is 205 Å². The number of anilines is 1. The molecule has 1 aromatic carbocycles. The normalized spacial score (nSPS) is 19.5. The number of H-pyrrole nitrogens is 1. The van der Waals surface area contributed by atoms with Gasteiger partial charge in [0.1, 0.15) is 10.8 Å². The number of nitrogens with one attached hydrogen (secondary N) is 3. The van der Waals surface area contributed by atoms with Gasteiger partial charge < -0.3 is 15.6 Å². The Kier molecular flexibility index (Phi) is 5.56. The summed E-state index contributed by atoms with van der Waals surface area (Å²) in [5.41, 5.74) is 6.56.